The van der Waals surface area contributed by atoms with Crippen LogP contribution in [-0.2, 0) is 9.53 Å². The topological polar surface area (TPSA) is 68.7 Å². The van der Waals surface area contributed by atoms with E-state index in [1.165, 1.54) is 25.3 Å². The number of alkyl halides is 1. The molecular weight excluding hydrogens is 377 g/mol. The average molecular weight is 391 g/mol. The summed E-state index contributed by atoms with van der Waals surface area (Å²) in [5.74, 6) is -0.955. The summed E-state index contributed by atoms with van der Waals surface area (Å²) in [4.78, 5) is 15.9. The van der Waals surface area contributed by atoms with Gasteiger partial charge in [-0.15, -0.1) is 0 Å². The van der Waals surface area contributed by atoms with Crippen molar-refractivity contribution in [2.24, 2.45) is 0 Å². The lowest BCUT2D eigenvalue weighted by Crippen LogP contribution is -2.37. The van der Waals surface area contributed by atoms with Gasteiger partial charge in [-0.2, -0.15) is 0 Å². The first-order chi connectivity index (χ1) is 11.2. The zero-order chi connectivity index (χ0) is 17.9. The van der Waals surface area contributed by atoms with Crippen molar-refractivity contribution in [3.63, 3.8) is 0 Å². The second-order valence-corrected chi connectivity index (χ2v) is 6.47. The highest BCUT2D eigenvalue weighted by Gasteiger charge is 2.35. The predicted octanol–water partition coefficient (Wildman–Crippen LogP) is 4.66. The third kappa shape index (κ3) is 4.23. The summed E-state index contributed by atoms with van der Waals surface area (Å²) < 4.78 is 10.2. The van der Waals surface area contributed by atoms with Crippen LogP contribution in [0.4, 0.5) is 0 Å². The maximum Gasteiger partial charge on any atom is 0.366 e. The van der Waals surface area contributed by atoms with Crippen LogP contribution in [0.15, 0.2) is 30.5 Å². The Bertz CT molecular complexity index is 765. The van der Waals surface area contributed by atoms with Gasteiger partial charge in [-0.25, -0.2) is 4.79 Å². The summed E-state index contributed by atoms with van der Waals surface area (Å²) in [7, 11) is 0. The molecule has 1 unspecified atom stereocenters. The van der Waals surface area contributed by atoms with Crippen molar-refractivity contribution < 1.29 is 19.4 Å². The van der Waals surface area contributed by atoms with E-state index in [0.29, 0.717) is 21.3 Å². The zero-order valence-electron chi connectivity index (χ0n) is 12.8. The highest BCUT2D eigenvalue weighted by molar-refractivity contribution is 6.36. The number of halogens is 3. The average Bonchev–Trinajstić information content (AvgIpc) is 2.49. The zero-order valence-corrected chi connectivity index (χ0v) is 15.1. The Labute approximate surface area is 154 Å². The molecule has 0 aliphatic heterocycles. The molecule has 1 atom stereocenters. The quantitative estimate of drug-likeness (QED) is 0.594. The van der Waals surface area contributed by atoms with E-state index in [1.54, 1.807) is 19.1 Å². The minimum absolute atomic E-state index is 0.0226. The third-order valence-electron chi connectivity index (χ3n) is 2.98. The maximum atomic E-state index is 11.7. The van der Waals surface area contributed by atoms with Gasteiger partial charge in [0.15, 0.2) is 11.5 Å². The first-order valence-electron chi connectivity index (χ1n) is 6.94. The number of pyridine rings is 1. The van der Waals surface area contributed by atoms with Gasteiger partial charge < -0.3 is 14.6 Å². The normalized spacial score (nSPS) is 13.2. The molecule has 5 nitrogen and oxygen atoms in total. The molecule has 0 aliphatic rings. The Morgan fingerprint density at radius 1 is 1.33 bits per heavy atom. The van der Waals surface area contributed by atoms with Crippen molar-refractivity contribution in [2.45, 2.75) is 18.9 Å². The molecule has 24 heavy (non-hydrogen) atoms. The smallest absolute Gasteiger partial charge is 0.366 e. The molecule has 1 aromatic carbocycles. The highest BCUT2D eigenvalue weighted by atomic mass is 35.5. The van der Waals surface area contributed by atoms with E-state index in [4.69, 9.17) is 44.3 Å². The molecule has 128 valence electrons. The molecule has 0 spiro atoms. The summed E-state index contributed by atoms with van der Waals surface area (Å²) in [5.41, 5.74) is 0.996. The first kappa shape index (κ1) is 18.6. The van der Waals surface area contributed by atoms with E-state index in [1.807, 2.05) is 0 Å². The lowest BCUT2D eigenvalue weighted by Gasteiger charge is -2.22. The van der Waals surface area contributed by atoms with Gasteiger partial charge in [0.25, 0.3) is 5.06 Å². The fourth-order valence-electron chi connectivity index (χ4n) is 1.89. The largest absolute Gasteiger partial charge is 0.504 e. The number of phenols is 1. The van der Waals surface area contributed by atoms with Crippen LogP contribution >= 0.6 is 34.8 Å². The third-order valence-corrected chi connectivity index (χ3v) is 3.71. The van der Waals surface area contributed by atoms with Crippen LogP contribution in [0.2, 0.25) is 10.0 Å². The summed E-state index contributed by atoms with van der Waals surface area (Å²) in [5, 5.41) is 9.12. The summed E-state index contributed by atoms with van der Waals surface area (Å²) in [6.45, 7) is 3.15. The van der Waals surface area contributed by atoms with E-state index in [0.717, 1.165) is 0 Å². The number of hydrogen-bond acceptors (Lipinski definition) is 5. The minimum atomic E-state index is -1.76. The number of phenolic OH excluding ortho intramolecular Hbond substituents is 1. The van der Waals surface area contributed by atoms with Crippen molar-refractivity contribution in [1.29, 1.82) is 0 Å². The van der Waals surface area contributed by atoms with Crippen LogP contribution < -0.4 is 4.74 Å². The number of benzene rings is 1. The number of rotatable bonds is 5. The molecular formula is C16H14Cl3NO4. The van der Waals surface area contributed by atoms with Gasteiger partial charge in [-0.1, -0.05) is 34.8 Å². The van der Waals surface area contributed by atoms with Crippen LogP contribution in [-0.4, -0.2) is 27.7 Å². The van der Waals surface area contributed by atoms with Crippen LogP contribution in [0.1, 0.15) is 13.8 Å². The van der Waals surface area contributed by atoms with Gasteiger partial charge in [0.2, 0.25) is 0 Å². The number of aromatic nitrogens is 1. The Morgan fingerprint density at radius 3 is 2.62 bits per heavy atom. The Hall–Kier alpha value is -1.69. The van der Waals surface area contributed by atoms with E-state index < -0.39 is 11.0 Å². The molecule has 0 radical (unpaired) electrons. The molecule has 2 rings (SSSR count). The van der Waals surface area contributed by atoms with Gasteiger partial charge in [0.05, 0.1) is 22.3 Å². The highest BCUT2D eigenvalue weighted by Crippen LogP contribution is 2.36. The lowest BCUT2D eigenvalue weighted by atomic mass is 10.1. The van der Waals surface area contributed by atoms with Crippen molar-refractivity contribution in [3.05, 3.63) is 40.5 Å². The van der Waals surface area contributed by atoms with Crippen LogP contribution in [0.25, 0.3) is 11.3 Å². The fourth-order valence-corrected chi connectivity index (χ4v) is 2.51. The molecule has 0 saturated carbocycles. The minimum Gasteiger partial charge on any atom is -0.504 e. The number of esters is 1. The maximum absolute atomic E-state index is 11.7. The number of hydrogen-bond donors (Lipinski definition) is 1. The Kier molecular flexibility index (Phi) is 5.80. The predicted molar refractivity (Wildman–Crippen MR) is 92.9 cm³/mol. The second-order valence-electron chi connectivity index (χ2n) is 4.91. The standard InChI is InChI=1S/C16H14Cl3NO4/c1-3-23-15(22)16(2,19)24-13-5-4-9(6-12(13)21)14-11(18)7-10(17)8-20-14/h4-8,21H,3H2,1-2H3. The van der Waals surface area contributed by atoms with Gasteiger partial charge in [-0.05, 0) is 31.2 Å². The van der Waals surface area contributed by atoms with Crippen molar-refractivity contribution in [2.75, 3.05) is 6.61 Å². The Morgan fingerprint density at radius 2 is 2.04 bits per heavy atom. The molecule has 1 aromatic heterocycles. The summed E-state index contributed by atoms with van der Waals surface area (Å²) in [6.07, 6.45) is 1.45. The van der Waals surface area contributed by atoms with E-state index in [9.17, 15) is 9.90 Å². The molecule has 1 heterocycles. The van der Waals surface area contributed by atoms with Gasteiger partial charge in [-0.3, -0.25) is 4.98 Å². The first-order valence-corrected chi connectivity index (χ1v) is 8.07. The van der Waals surface area contributed by atoms with E-state index in [2.05, 4.69) is 4.98 Å². The number of carbonyl (C=O) groups excluding carboxylic acids is 1. The Balaban J connectivity index is 2.28. The fraction of sp³-hybridized carbons (Fsp3) is 0.250. The number of aromatic hydroxyl groups is 1. The summed E-state index contributed by atoms with van der Waals surface area (Å²) in [6, 6.07) is 6.02. The number of nitrogens with zero attached hydrogens (tertiary/aromatic N) is 1. The molecule has 0 fully saturated rings. The SMILES string of the molecule is CCOC(=O)C(C)(Cl)Oc1ccc(-c2ncc(Cl)cc2Cl)cc1O. The monoisotopic (exact) mass is 389 g/mol. The summed E-state index contributed by atoms with van der Waals surface area (Å²) >= 11 is 17.9. The molecule has 0 aliphatic carbocycles. The molecule has 2 aromatic rings. The van der Waals surface area contributed by atoms with Gasteiger partial charge in [0.1, 0.15) is 0 Å². The molecule has 0 saturated heterocycles. The van der Waals surface area contributed by atoms with Crippen LogP contribution in [0.3, 0.4) is 0 Å². The van der Waals surface area contributed by atoms with E-state index in [-0.39, 0.29) is 18.1 Å². The molecule has 1 N–H and O–H groups in total. The van der Waals surface area contributed by atoms with Gasteiger partial charge in [0, 0.05) is 18.7 Å². The molecule has 8 heteroatoms. The van der Waals surface area contributed by atoms with E-state index >= 15 is 0 Å². The number of ether oxygens (including phenoxy) is 2. The second kappa shape index (κ2) is 7.47. The molecule has 0 amide bonds. The van der Waals surface area contributed by atoms with Gasteiger partial charge >= 0.3 is 5.97 Å². The lowest BCUT2D eigenvalue weighted by molar-refractivity contribution is -0.153. The van der Waals surface area contributed by atoms with Crippen molar-refractivity contribution in [1.82, 2.24) is 4.98 Å². The van der Waals surface area contributed by atoms with Crippen LogP contribution in [0, 0.1) is 0 Å². The van der Waals surface area contributed by atoms with Crippen molar-refractivity contribution in [3.8, 4) is 22.8 Å². The van der Waals surface area contributed by atoms with Crippen LogP contribution in [0.5, 0.6) is 11.5 Å². The number of carbonyl (C=O) groups is 1. The molecule has 0 bridgehead atoms. The van der Waals surface area contributed by atoms with Crippen molar-refractivity contribution >= 4 is 40.8 Å².